The fraction of sp³-hybridized carbons (Fsp3) is 0.615. The molecule has 1 amide bonds. The molecule has 2 aliphatic heterocycles. The minimum atomic E-state index is 0.131. The first kappa shape index (κ1) is 12.3. The maximum Gasteiger partial charge on any atom is 0.228 e. The van der Waals surface area contributed by atoms with Gasteiger partial charge in [0.15, 0.2) is 0 Å². The van der Waals surface area contributed by atoms with Gasteiger partial charge in [0.2, 0.25) is 11.8 Å². The molecule has 0 spiro atoms. The normalized spacial score (nSPS) is 20.8. The van der Waals surface area contributed by atoms with Crippen LogP contribution in [0.4, 0.5) is 5.82 Å². The molecular formula is C13H18N4O2. The summed E-state index contributed by atoms with van der Waals surface area (Å²) in [6, 6.07) is 1.77. The Hall–Kier alpha value is -1.69. The summed E-state index contributed by atoms with van der Waals surface area (Å²) in [5.41, 5.74) is 0. The summed E-state index contributed by atoms with van der Waals surface area (Å²) in [6.45, 7) is 2.70. The van der Waals surface area contributed by atoms with Gasteiger partial charge in [-0.25, -0.2) is 9.97 Å². The van der Waals surface area contributed by atoms with Gasteiger partial charge in [-0.1, -0.05) is 0 Å². The molecule has 0 saturated carbocycles. The van der Waals surface area contributed by atoms with Gasteiger partial charge in [-0.05, 0) is 32.4 Å². The van der Waals surface area contributed by atoms with Crippen LogP contribution in [0.2, 0.25) is 0 Å². The molecule has 0 radical (unpaired) electrons. The summed E-state index contributed by atoms with van der Waals surface area (Å²) in [6.07, 6.45) is 5.15. The zero-order valence-corrected chi connectivity index (χ0v) is 10.8. The zero-order chi connectivity index (χ0) is 13.1. The van der Waals surface area contributed by atoms with Crippen molar-refractivity contribution >= 4 is 11.7 Å². The quantitative estimate of drug-likeness (QED) is 0.870. The van der Waals surface area contributed by atoms with Gasteiger partial charge >= 0.3 is 0 Å². The number of amides is 1. The number of nitrogens with zero attached hydrogens (tertiary/aromatic N) is 3. The van der Waals surface area contributed by atoms with Crippen LogP contribution in [0.1, 0.15) is 25.7 Å². The number of hydrogen-bond donors (Lipinski definition) is 1. The van der Waals surface area contributed by atoms with Gasteiger partial charge in [-0.2, -0.15) is 0 Å². The highest BCUT2D eigenvalue weighted by molar-refractivity contribution is 5.94. The summed E-state index contributed by atoms with van der Waals surface area (Å²) in [5.74, 6) is 1.35. The lowest BCUT2D eigenvalue weighted by Crippen LogP contribution is -2.34. The number of ether oxygens (including phenoxy) is 1. The minimum Gasteiger partial charge on any atom is -0.474 e. The second kappa shape index (κ2) is 5.52. The molecule has 0 aromatic carbocycles. The van der Waals surface area contributed by atoms with Crippen molar-refractivity contribution in [1.29, 1.82) is 0 Å². The van der Waals surface area contributed by atoms with Gasteiger partial charge < -0.3 is 10.1 Å². The van der Waals surface area contributed by atoms with E-state index in [2.05, 4.69) is 15.3 Å². The number of anilines is 1. The highest BCUT2D eigenvalue weighted by Crippen LogP contribution is 2.22. The fourth-order valence-electron chi connectivity index (χ4n) is 2.52. The smallest absolute Gasteiger partial charge is 0.228 e. The Balaban J connectivity index is 1.70. The van der Waals surface area contributed by atoms with Crippen LogP contribution in [0.5, 0.6) is 5.88 Å². The topological polar surface area (TPSA) is 67.3 Å². The largest absolute Gasteiger partial charge is 0.474 e. The van der Waals surface area contributed by atoms with Gasteiger partial charge in [0, 0.05) is 19.0 Å². The van der Waals surface area contributed by atoms with E-state index < -0.39 is 0 Å². The number of piperidine rings is 1. The van der Waals surface area contributed by atoms with Gasteiger partial charge in [0.05, 0.1) is 0 Å². The Kier molecular flexibility index (Phi) is 3.59. The van der Waals surface area contributed by atoms with Crippen LogP contribution < -0.4 is 15.0 Å². The van der Waals surface area contributed by atoms with Crippen LogP contribution in [0.3, 0.4) is 0 Å². The molecule has 6 heteroatoms. The SMILES string of the molecule is O=C1CCCN1c1cc(OC2CCNCC2)ncn1. The van der Waals surface area contributed by atoms with Crippen molar-refractivity contribution < 1.29 is 9.53 Å². The van der Waals surface area contributed by atoms with Gasteiger partial charge in [-0.3, -0.25) is 9.69 Å². The number of hydrogen-bond acceptors (Lipinski definition) is 5. The predicted octanol–water partition coefficient (Wildman–Crippen LogP) is 0.734. The maximum absolute atomic E-state index is 11.7. The van der Waals surface area contributed by atoms with E-state index >= 15 is 0 Å². The first-order chi connectivity index (χ1) is 9.33. The fourth-order valence-corrected chi connectivity index (χ4v) is 2.52. The summed E-state index contributed by atoms with van der Waals surface area (Å²) in [5, 5.41) is 3.30. The summed E-state index contributed by atoms with van der Waals surface area (Å²) in [4.78, 5) is 21.7. The van der Waals surface area contributed by atoms with Gasteiger partial charge in [0.1, 0.15) is 18.2 Å². The molecule has 0 unspecified atom stereocenters. The monoisotopic (exact) mass is 262 g/mol. The molecule has 19 heavy (non-hydrogen) atoms. The van der Waals surface area contributed by atoms with Crippen LogP contribution in [0.15, 0.2) is 12.4 Å². The van der Waals surface area contributed by atoms with E-state index in [4.69, 9.17) is 4.74 Å². The molecule has 0 atom stereocenters. The molecule has 0 aliphatic carbocycles. The Morgan fingerprint density at radius 3 is 2.89 bits per heavy atom. The van der Waals surface area contributed by atoms with Crippen LogP contribution in [0, 0.1) is 0 Å². The molecule has 2 fully saturated rings. The number of carbonyl (C=O) groups is 1. The predicted molar refractivity (Wildman–Crippen MR) is 70.1 cm³/mol. The molecule has 1 aromatic rings. The van der Waals surface area contributed by atoms with Crippen LogP contribution in [-0.4, -0.2) is 41.6 Å². The number of nitrogens with one attached hydrogen (secondary N) is 1. The first-order valence-electron chi connectivity index (χ1n) is 6.83. The van der Waals surface area contributed by atoms with E-state index in [0.717, 1.165) is 38.9 Å². The zero-order valence-electron chi connectivity index (χ0n) is 10.8. The third-order valence-electron chi connectivity index (χ3n) is 3.55. The second-order valence-corrected chi connectivity index (χ2v) is 4.93. The van der Waals surface area contributed by atoms with Crippen molar-refractivity contribution in [3.05, 3.63) is 12.4 Å². The van der Waals surface area contributed by atoms with Crippen molar-refractivity contribution in [2.45, 2.75) is 31.8 Å². The lowest BCUT2D eigenvalue weighted by molar-refractivity contribution is -0.117. The van der Waals surface area contributed by atoms with E-state index in [1.807, 2.05) is 0 Å². The van der Waals surface area contributed by atoms with Crippen molar-refractivity contribution in [1.82, 2.24) is 15.3 Å². The van der Waals surface area contributed by atoms with E-state index in [0.29, 0.717) is 18.1 Å². The molecule has 1 N–H and O–H groups in total. The third kappa shape index (κ3) is 2.84. The molecule has 2 saturated heterocycles. The highest BCUT2D eigenvalue weighted by atomic mass is 16.5. The van der Waals surface area contributed by atoms with Crippen molar-refractivity contribution in [3.63, 3.8) is 0 Å². The van der Waals surface area contributed by atoms with E-state index in [1.165, 1.54) is 6.33 Å². The molecule has 2 aliphatic rings. The lowest BCUT2D eigenvalue weighted by Gasteiger charge is -2.23. The molecule has 0 bridgehead atoms. The van der Waals surface area contributed by atoms with Gasteiger partial charge in [-0.15, -0.1) is 0 Å². The second-order valence-electron chi connectivity index (χ2n) is 4.93. The van der Waals surface area contributed by atoms with Crippen molar-refractivity contribution in [3.8, 4) is 5.88 Å². The maximum atomic E-state index is 11.7. The Morgan fingerprint density at radius 1 is 1.32 bits per heavy atom. The van der Waals surface area contributed by atoms with Crippen molar-refractivity contribution in [2.75, 3.05) is 24.5 Å². The third-order valence-corrected chi connectivity index (χ3v) is 3.55. The lowest BCUT2D eigenvalue weighted by atomic mass is 10.1. The van der Waals surface area contributed by atoms with E-state index in [9.17, 15) is 4.79 Å². The Morgan fingerprint density at radius 2 is 2.16 bits per heavy atom. The molecule has 3 rings (SSSR count). The first-order valence-corrected chi connectivity index (χ1v) is 6.83. The summed E-state index contributed by atoms with van der Waals surface area (Å²) < 4.78 is 5.86. The molecular weight excluding hydrogens is 244 g/mol. The van der Waals surface area contributed by atoms with Crippen LogP contribution >= 0.6 is 0 Å². The van der Waals surface area contributed by atoms with E-state index in [1.54, 1.807) is 11.0 Å². The average Bonchev–Trinajstić information content (AvgIpc) is 2.86. The minimum absolute atomic E-state index is 0.131. The highest BCUT2D eigenvalue weighted by Gasteiger charge is 2.23. The number of rotatable bonds is 3. The number of carbonyl (C=O) groups excluding carboxylic acids is 1. The molecule has 102 valence electrons. The van der Waals surface area contributed by atoms with Gasteiger partial charge in [0.25, 0.3) is 0 Å². The molecule has 1 aromatic heterocycles. The van der Waals surface area contributed by atoms with E-state index in [-0.39, 0.29) is 12.0 Å². The average molecular weight is 262 g/mol. The van der Waals surface area contributed by atoms with Crippen LogP contribution in [0.25, 0.3) is 0 Å². The standard InChI is InChI=1S/C13H18N4O2/c18-13-2-1-7-17(13)11-8-12(16-9-15-11)19-10-3-5-14-6-4-10/h8-10,14H,1-7H2. The van der Waals surface area contributed by atoms with Crippen molar-refractivity contribution in [2.24, 2.45) is 0 Å². The Labute approximate surface area is 112 Å². The molecule has 3 heterocycles. The Bertz CT molecular complexity index is 460. The summed E-state index contributed by atoms with van der Waals surface area (Å²) >= 11 is 0. The molecule has 6 nitrogen and oxygen atoms in total. The van der Waals surface area contributed by atoms with Crippen LogP contribution in [-0.2, 0) is 4.79 Å². The number of aromatic nitrogens is 2. The summed E-state index contributed by atoms with van der Waals surface area (Å²) in [7, 11) is 0.